The van der Waals surface area contributed by atoms with Crippen molar-refractivity contribution >= 4 is 33.7 Å². The lowest BCUT2D eigenvalue weighted by Crippen LogP contribution is -2.70. The van der Waals surface area contributed by atoms with Gasteiger partial charge < -0.3 is 4.74 Å². The molecule has 0 saturated carbocycles. The fourth-order valence-corrected chi connectivity index (χ4v) is 5.46. The summed E-state index contributed by atoms with van der Waals surface area (Å²) >= 11 is 1.39. The Labute approximate surface area is 179 Å². The summed E-state index contributed by atoms with van der Waals surface area (Å²) in [5.74, 6) is -0.608. The second-order valence-corrected chi connectivity index (χ2v) is 9.93. The van der Waals surface area contributed by atoms with Gasteiger partial charge in [-0.3, -0.25) is 9.69 Å². The summed E-state index contributed by atoms with van der Waals surface area (Å²) in [4.78, 5) is 26.9. The van der Waals surface area contributed by atoms with Gasteiger partial charge in [-0.2, -0.15) is 4.72 Å². The molecule has 0 aliphatic carbocycles. The van der Waals surface area contributed by atoms with Gasteiger partial charge in [-0.25, -0.2) is 13.2 Å². The maximum Gasteiger partial charge on any atom is 0.355 e. The molecule has 7 nitrogen and oxygen atoms in total. The summed E-state index contributed by atoms with van der Waals surface area (Å²) in [5.41, 5.74) is 1.77. The molecule has 2 aromatic rings. The Kier molecular flexibility index (Phi) is 5.68. The minimum Gasteiger partial charge on any atom is -0.448 e. The minimum absolute atomic E-state index is 0.146. The van der Waals surface area contributed by atoms with Crippen molar-refractivity contribution in [2.75, 3.05) is 12.0 Å². The number of carbonyl (C=O) groups excluding carboxylic acids is 2. The molecule has 156 valence electrons. The van der Waals surface area contributed by atoms with E-state index in [9.17, 15) is 18.0 Å². The Bertz CT molecular complexity index is 1050. The van der Waals surface area contributed by atoms with Crippen LogP contribution in [-0.2, 0) is 24.3 Å². The highest BCUT2D eigenvalue weighted by Gasteiger charge is 2.53. The van der Waals surface area contributed by atoms with E-state index in [1.165, 1.54) is 16.7 Å². The normalized spacial score (nSPS) is 20.9. The molecule has 30 heavy (non-hydrogen) atoms. The molecule has 2 aromatic carbocycles. The summed E-state index contributed by atoms with van der Waals surface area (Å²) in [7, 11) is -3.54. The molecule has 2 aliphatic heterocycles. The van der Waals surface area contributed by atoms with Gasteiger partial charge in [0, 0.05) is 5.75 Å². The third-order valence-corrected chi connectivity index (χ3v) is 6.69. The second kappa shape index (κ2) is 8.25. The predicted octanol–water partition coefficient (Wildman–Crippen LogP) is 2.04. The van der Waals surface area contributed by atoms with Crippen LogP contribution in [0, 0.1) is 0 Å². The van der Waals surface area contributed by atoms with Gasteiger partial charge >= 0.3 is 5.97 Å². The van der Waals surface area contributed by atoms with Crippen molar-refractivity contribution in [2.45, 2.75) is 17.5 Å². The van der Waals surface area contributed by atoms with Crippen molar-refractivity contribution in [3.8, 4) is 0 Å². The van der Waals surface area contributed by atoms with Crippen molar-refractivity contribution in [3.05, 3.63) is 83.6 Å². The molecule has 2 aliphatic rings. The average Bonchev–Trinajstić information content (AvgIpc) is 2.75. The lowest BCUT2D eigenvalue weighted by Gasteiger charge is -2.48. The maximum atomic E-state index is 13.1. The number of β-lactam (4-membered cyclic amide) rings is 1. The number of hydrogen-bond donors (Lipinski definition) is 1. The molecule has 1 amide bonds. The van der Waals surface area contributed by atoms with Crippen molar-refractivity contribution < 1.29 is 22.7 Å². The molecule has 1 saturated heterocycles. The molecule has 1 unspecified atom stereocenters. The number of rotatable bonds is 6. The molecule has 4 rings (SSSR count). The van der Waals surface area contributed by atoms with Crippen LogP contribution in [0.1, 0.15) is 17.2 Å². The van der Waals surface area contributed by atoms with Crippen LogP contribution in [0.5, 0.6) is 0 Å². The van der Waals surface area contributed by atoms with Gasteiger partial charge in [0.05, 0.1) is 6.26 Å². The second-order valence-electron chi connectivity index (χ2n) is 7.00. The Morgan fingerprint density at radius 2 is 1.67 bits per heavy atom. The molecule has 1 fully saturated rings. The third-order valence-electron chi connectivity index (χ3n) is 4.83. The van der Waals surface area contributed by atoms with Gasteiger partial charge in [0.2, 0.25) is 15.9 Å². The van der Waals surface area contributed by atoms with Crippen LogP contribution in [0.3, 0.4) is 0 Å². The molecule has 0 aromatic heterocycles. The topological polar surface area (TPSA) is 92.8 Å². The summed E-state index contributed by atoms with van der Waals surface area (Å²) in [6, 6.07) is 17.9. The predicted molar refractivity (Wildman–Crippen MR) is 114 cm³/mol. The van der Waals surface area contributed by atoms with E-state index in [1.54, 1.807) is 6.08 Å². The number of nitrogens with one attached hydrogen (secondary N) is 1. The van der Waals surface area contributed by atoms with Gasteiger partial charge in [0.1, 0.15) is 17.1 Å². The van der Waals surface area contributed by atoms with E-state index in [0.29, 0.717) is 5.75 Å². The standard InChI is InChI=1S/C21H20N2O5S2/c1-30(26,27)22-17-19(24)23-16(12-13-29-20(17)23)21(25)28-18(14-8-4-2-5-9-14)15-10-6-3-7-11-15/h2-12,17-18,20,22H,13H2,1H3/t17-,20?/m1/s1. The summed E-state index contributed by atoms with van der Waals surface area (Å²) in [6.45, 7) is 0. The molecule has 0 bridgehead atoms. The number of amides is 1. The van der Waals surface area contributed by atoms with E-state index in [-0.39, 0.29) is 5.70 Å². The van der Waals surface area contributed by atoms with Gasteiger partial charge in [0.15, 0.2) is 6.10 Å². The lowest BCUT2D eigenvalue weighted by molar-refractivity contribution is -0.153. The molecule has 0 radical (unpaired) electrons. The largest absolute Gasteiger partial charge is 0.448 e. The van der Waals surface area contributed by atoms with E-state index in [4.69, 9.17) is 4.74 Å². The van der Waals surface area contributed by atoms with Crippen LogP contribution in [0.25, 0.3) is 0 Å². The molecular formula is C21H20N2O5S2. The molecule has 0 spiro atoms. The molecule has 2 heterocycles. The van der Waals surface area contributed by atoms with E-state index < -0.39 is 39.4 Å². The zero-order valence-corrected chi connectivity index (χ0v) is 17.7. The van der Waals surface area contributed by atoms with E-state index in [0.717, 1.165) is 17.4 Å². The Hall–Kier alpha value is -2.62. The highest BCUT2D eigenvalue weighted by Crippen LogP contribution is 2.39. The Morgan fingerprint density at radius 1 is 1.10 bits per heavy atom. The fourth-order valence-electron chi connectivity index (χ4n) is 3.49. The van der Waals surface area contributed by atoms with Crippen LogP contribution in [0.15, 0.2) is 72.4 Å². The molecule has 2 atom stereocenters. The van der Waals surface area contributed by atoms with Crippen LogP contribution < -0.4 is 4.72 Å². The van der Waals surface area contributed by atoms with Crippen LogP contribution in [-0.4, -0.2) is 48.6 Å². The summed E-state index contributed by atoms with van der Waals surface area (Å²) < 4.78 is 31.3. The summed E-state index contributed by atoms with van der Waals surface area (Å²) in [6.07, 6.45) is 2.02. The quantitative estimate of drug-likeness (QED) is 0.541. The first kappa shape index (κ1) is 20.6. The molecular weight excluding hydrogens is 424 g/mol. The van der Waals surface area contributed by atoms with Gasteiger partial charge in [-0.1, -0.05) is 60.7 Å². The van der Waals surface area contributed by atoms with Gasteiger partial charge in [0.25, 0.3) is 0 Å². The monoisotopic (exact) mass is 444 g/mol. The van der Waals surface area contributed by atoms with E-state index in [1.807, 2.05) is 60.7 Å². The number of sulfonamides is 1. The summed E-state index contributed by atoms with van der Waals surface area (Å²) in [5, 5.41) is -0.466. The van der Waals surface area contributed by atoms with Crippen LogP contribution in [0.4, 0.5) is 0 Å². The van der Waals surface area contributed by atoms with E-state index >= 15 is 0 Å². The smallest absolute Gasteiger partial charge is 0.355 e. The molecule has 9 heteroatoms. The number of hydrogen-bond acceptors (Lipinski definition) is 6. The lowest BCUT2D eigenvalue weighted by atomic mass is 10.0. The average molecular weight is 445 g/mol. The Balaban J connectivity index is 1.56. The van der Waals surface area contributed by atoms with E-state index in [2.05, 4.69) is 4.72 Å². The van der Waals surface area contributed by atoms with Crippen LogP contribution in [0.2, 0.25) is 0 Å². The number of ether oxygens (including phenoxy) is 1. The molecule has 1 N–H and O–H groups in total. The Morgan fingerprint density at radius 3 is 2.20 bits per heavy atom. The van der Waals surface area contributed by atoms with Crippen LogP contribution >= 0.6 is 11.8 Å². The van der Waals surface area contributed by atoms with Gasteiger partial charge in [-0.05, 0) is 17.2 Å². The number of fused-ring (bicyclic) bond motifs is 1. The highest BCUT2D eigenvalue weighted by molar-refractivity contribution is 8.00. The number of benzene rings is 2. The third kappa shape index (κ3) is 4.14. The number of thioether (sulfide) groups is 1. The van der Waals surface area contributed by atoms with Crippen molar-refractivity contribution in [1.29, 1.82) is 0 Å². The fraction of sp³-hybridized carbons (Fsp3) is 0.238. The number of esters is 1. The first-order valence-corrected chi connectivity index (χ1v) is 12.2. The SMILES string of the molecule is CS(=O)(=O)N[C@@H]1C(=O)N2C(C(=O)OC(c3ccccc3)c3ccccc3)=CCSC12. The minimum atomic E-state index is -3.54. The highest BCUT2D eigenvalue weighted by atomic mass is 32.2. The first-order valence-electron chi connectivity index (χ1n) is 9.28. The van der Waals surface area contributed by atoms with Gasteiger partial charge in [-0.15, -0.1) is 11.8 Å². The van der Waals surface area contributed by atoms with Crippen molar-refractivity contribution in [3.63, 3.8) is 0 Å². The van der Waals surface area contributed by atoms with Crippen molar-refractivity contribution in [1.82, 2.24) is 9.62 Å². The zero-order valence-electron chi connectivity index (χ0n) is 16.1. The maximum absolute atomic E-state index is 13.1. The number of nitrogens with zero attached hydrogens (tertiary/aromatic N) is 1. The zero-order chi connectivity index (χ0) is 21.3. The number of carbonyl (C=O) groups is 2. The first-order chi connectivity index (χ1) is 14.3. The van der Waals surface area contributed by atoms with Crippen molar-refractivity contribution in [2.24, 2.45) is 0 Å².